The molecule has 0 saturated heterocycles. The Kier molecular flexibility index (Phi) is 5.81. The summed E-state index contributed by atoms with van der Waals surface area (Å²) in [6.07, 6.45) is 1.01. The van der Waals surface area contributed by atoms with Crippen molar-refractivity contribution in [3.05, 3.63) is 34.9 Å². The Morgan fingerprint density at radius 2 is 1.88 bits per heavy atom. The second-order valence-electron chi connectivity index (χ2n) is 4.42. The fourth-order valence-electron chi connectivity index (χ4n) is 1.64. The number of nitrogens with two attached hydrogens (primary N) is 1. The first-order chi connectivity index (χ1) is 7.63. The lowest BCUT2D eigenvalue weighted by Gasteiger charge is -2.20. The van der Waals surface area contributed by atoms with Gasteiger partial charge < -0.3 is 11.1 Å². The lowest BCUT2D eigenvalue weighted by molar-refractivity contribution is 0.409. The van der Waals surface area contributed by atoms with E-state index >= 15 is 0 Å². The van der Waals surface area contributed by atoms with Crippen LogP contribution in [0.15, 0.2) is 24.3 Å². The lowest BCUT2D eigenvalue weighted by Crippen LogP contribution is -2.41. The summed E-state index contributed by atoms with van der Waals surface area (Å²) >= 11 is 5.83. The maximum atomic E-state index is 5.83. The van der Waals surface area contributed by atoms with Crippen molar-refractivity contribution in [3.8, 4) is 0 Å². The van der Waals surface area contributed by atoms with Gasteiger partial charge in [-0.1, -0.05) is 37.6 Å². The van der Waals surface area contributed by atoms with E-state index in [1.165, 1.54) is 5.56 Å². The molecule has 1 rings (SSSR count). The first kappa shape index (κ1) is 13.5. The highest BCUT2D eigenvalue weighted by Crippen LogP contribution is 2.09. The van der Waals surface area contributed by atoms with Crippen molar-refractivity contribution < 1.29 is 0 Å². The standard InChI is InChI=1S/C13H21ClN2/c1-10(2)13(9-15)16-8-7-11-3-5-12(14)6-4-11/h3-6,10,13,16H,7-9,15H2,1-2H3. The Morgan fingerprint density at radius 3 is 2.38 bits per heavy atom. The summed E-state index contributed by atoms with van der Waals surface area (Å²) in [5, 5.41) is 4.26. The molecule has 0 spiro atoms. The van der Waals surface area contributed by atoms with Gasteiger partial charge in [-0.2, -0.15) is 0 Å². The minimum absolute atomic E-state index is 0.410. The largest absolute Gasteiger partial charge is 0.329 e. The van der Waals surface area contributed by atoms with Crippen molar-refractivity contribution in [3.63, 3.8) is 0 Å². The van der Waals surface area contributed by atoms with Crippen LogP contribution in [-0.4, -0.2) is 19.1 Å². The summed E-state index contributed by atoms with van der Waals surface area (Å²) in [5.41, 5.74) is 7.00. The SMILES string of the molecule is CC(C)C(CN)NCCc1ccc(Cl)cc1. The Bertz CT molecular complexity index is 295. The van der Waals surface area contributed by atoms with E-state index in [-0.39, 0.29) is 0 Å². The smallest absolute Gasteiger partial charge is 0.0406 e. The summed E-state index contributed by atoms with van der Waals surface area (Å²) in [6.45, 7) is 6.03. The molecule has 3 N–H and O–H groups in total. The van der Waals surface area contributed by atoms with Crippen LogP contribution >= 0.6 is 11.6 Å². The molecule has 1 aromatic carbocycles. The third-order valence-corrected chi connectivity index (χ3v) is 3.04. The molecule has 0 amide bonds. The quantitative estimate of drug-likeness (QED) is 0.802. The molecule has 0 saturated carbocycles. The van der Waals surface area contributed by atoms with Crippen LogP contribution in [0.2, 0.25) is 5.02 Å². The van der Waals surface area contributed by atoms with E-state index in [1.54, 1.807) is 0 Å². The molecule has 0 aliphatic heterocycles. The van der Waals surface area contributed by atoms with E-state index in [0.29, 0.717) is 18.5 Å². The van der Waals surface area contributed by atoms with Gasteiger partial charge in [0.05, 0.1) is 0 Å². The summed E-state index contributed by atoms with van der Waals surface area (Å²) in [6, 6.07) is 8.40. The predicted octanol–water partition coefficient (Wildman–Crippen LogP) is 2.46. The lowest BCUT2D eigenvalue weighted by atomic mass is 10.0. The third kappa shape index (κ3) is 4.52. The van der Waals surface area contributed by atoms with Gasteiger partial charge in [0, 0.05) is 17.6 Å². The molecule has 1 aromatic rings. The molecule has 0 radical (unpaired) electrons. The maximum Gasteiger partial charge on any atom is 0.0406 e. The summed E-state index contributed by atoms with van der Waals surface area (Å²) in [7, 11) is 0. The zero-order valence-electron chi connectivity index (χ0n) is 10.0. The number of hydrogen-bond acceptors (Lipinski definition) is 2. The summed E-state index contributed by atoms with van der Waals surface area (Å²) in [5.74, 6) is 0.579. The van der Waals surface area contributed by atoms with Crippen LogP contribution < -0.4 is 11.1 Å². The molecule has 0 heterocycles. The molecule has 0 bridgehead atoms. The van der Waals surface area contributed by atoms with Crippen LogP contribution in [0.4, 0.5) is 0 Å². The van der Waals surface area contributed by atoms with Crippen molar-refractivity contribution >= 4 is 11.6 Å². The number of hydrogen-bond donors (Lipinski definition) is 2. The van der Waals surface area contributed by atoms with Crippen LogP contribution in [-0.2, 0) is 6.42 Å². The van der Waals surface area contributed by atoms with Gasteiger partial charge in [-0.15, -0.1) is 0 Å². The van der Waals surface area contributed by atoms with Crippen LogP contribution in [0.25, 0.3) is 0 Å². The molecule has 0 aromatic heterocycles. The van der Waals surface area contributed by atoms with Gasteiger partial charge in [0.25, 0.3) is 0 Å². The van der Waals surface area contributed by atoms with Gasteiger partial charge in [0.1, 0.15) is 0 Å². The average molecular weight is 241 g/mol. The molecule has 90 valence electrons. The predicted molar refractivity (Wildman–Crippen MR) is 70.8 cm³/mol. The monoisotopic (exact) mass is 240 g/mol. The van der Waals surface area contributed by atoms with Gasteiger partial charge in [-0.25, -0.2) is 0 Å². The molecule has 1 atom stereocenters. The van der Waals surface area contributed by atoms with E-state index in [0.717, 1.165) is 18.0 Å². The average Bonchev–Trinajstić information content (AvgIpc) is 2.26. The maximum absolute atomic E-state index is 5.83. The van der Waals surface area contributed by atoms with E-state index in [1.807, 2.05) is 12.1 Å². The van der Waals surface area contributed by atoms with E-state index in [4.69, 9.17) is 17.3 Å². The molecule has 16 heavy (non-hydrogen) atoms. The summed E-state index contributed by atoms with van der Waals surface area (Å²) in [4.78, 5) is 0. The second-order valence-corrected chi connectivity index (χ2v) is 4.85. The fraction of sp³-hybridized carbons (Fsp3) is 0.538. The highest BCUT2D eigenvalue weighted by molar-refractivity contribution is 6.30. The fourth-order valence-corrected chi connectivity index (χ4v) is 1.77. The highest BCUT2D eigenvalue weighted by Gasteiger charge is 2.09. The zero-order valence-corrected chi connectivity index (χ0v) is 10.8. The first-order valence-corrected chi connectivity index (χ1v) is 6.19. The molecular formula is C13H21ClN2. The van der Waals surface area contributed by atoms with Gasteiger partial charge in [0.2, 0.25) is 0 Å². The minimum atomic E-state index is 0.410. The molecule has 2 nitrogen and oxygen atoms in total. The Hall–Kier alpha value is -0.570. The molecule has 3 heteroatoms. The van der Waals surface area contributed by atoms with Crippen molar-refractivity contribution in [1.29, 1.82) is 0 Å². The van der Waals surface area contributed by atoms with Crippen LogP contribution in [0, 0.1) is 5.92 Å². The van der Waals surface area contributed by atoms with Crippen molar-refractivity contribution in [1.82, 2.24) is 5.32 Å². The Labute approximate surface area is 103 Å². The number of nitrogens with one attached hydrogen (secondary N) is 1. The van der Waals surface area contributed by atoms with Crippen molar-refractivity contribution in [2.24, 2.45) is 11.7 Å². The second kappa shape index (κ2) is 6.89. The topological polar surface area (TPSA) is 38.0 Å². The summed E-state index contributed by atoms with van der Waals surface area (Å²) < 4.78 is 0. The normalized spacial score (nSPS) is 13.1. The van der Waals surface area contributed by atoms with Crippen molar-refractivity contribution in [2.75, 3.05) is 13.1 Å². The van der Waals surface area contributed by atoms with Gasteiger partial charge in [0.15, 0.2) is 0 Å². The van der Waals surface area contributed by atoms with E-state index in [2.05, 4.69) is 31.3 Å². The zero-order chi connectivity index (χ0) is 12.0. The molecule has 1 unspecified atom stereocenters. The molecular weight excluding hydrogens is 220 g/mol. The van der Waals surface area contributed by atoms with E-state index in [9.17, 15) is 0 Å². The van der Waals surface area contributed by atoms with Crippen LogP contribution in [0.5, 0.6) is 0 Å². The molecule has 0 aliphatic rings. The van der Waals surface area contributed by atoms with Gasteiger partial charge in [-0.3, -0.25) is 0 Å². The van der Waals surface area contributed by atoms with E-state index < -0.39 is 0 Å². The Balaban J connectivity index is 2.32. The highest BCUT2D eigenvalue weighted by atomic mass is 35.5. The Morgan fingerprint density at radius 1 is 1.25 bits per heavy atom. The molecule has 0 fully saturated rings. The molecule has 0 aliphatic carbocycles. The van der Waals surface area contributed by atoms with Crippen molar-refractivity contribution in [2.45, 2.75) is 26.3 Å². The van der Waals surface area contributed by atoms with Crippen LogP contribution in [0.1, 0.15) is 19.4 Å². The van der Waals surface area contributed by atoms with Gasteiger partial charge >= 0.3 is 0 Å². The third-order valence-electron chi connectivity index (χ3n) is 2.79. The number of benzene rings is 1. The first-order valence-electron chi connectivity index (χ1n) is 5.81. The van der Waals surface area contributed by atoms with Crippen LogP contribution in [0.3, 0.4) is 0 Å². The number of halogens is 1. The minimum Gasteiger partial charge on any atom is -0.329 e. The number of rotatable bonds is 6. The van der Waals surface area contributed by atoms with Gasteiger partial charge in [-0.05, 0) is 36.6 Å².